The number of halogens is 1. The maximum Gasteiger partial charge on any atom is 0.175 e. The summed E-state index contributed by atoms with van der Waals surface area (Å²) in [5.74, 6) is -1.08. The number of thiocarbonyl (C=S) groups is 1. The summed E-state index contributed by atoms with van der Waals surface area (Å²) < 4.78 is 13.0. The summed E-state index contributed by atoms with van der Waals surface area (Å²) in [6.45, 7) is 2.84. The largest absolute Gasteiger partial charge is 0.503 e. The van der Waals surface area contributed by atoms with Crippen LogP contribution < -0.4 is 10.6 Å². The van der Waals surface area contributed by atoms with E-state index in [-0.39, 0.29) is 5.69 Å². The lowest BCUT2D eigenvalue weighted by molar-refractivity contribution is 0.435. The van der Waals surface area contributed by atoms with Crippen molar-refractivity contribution in [2.75, 3.05) is 11.9 Å². The third-order valence-electron chi connectivity index (χ3n) is 2.05. The lowest BCUT2D eigenvalue weighted by Gasteiger charge is -2.11. The molecule has 1 aromatic carbocycles. The molecule has 1 rings (SSSR count). The molecule has 5 heteroatoms. The van der Waals surface area contributed by atoms with E-state index in [1.807, 2.05) is 0 Å². The molecule has 0 bridgehead atoms. The fourth-order valence-electron chi connectivity index (χ4n) is 1.16. The van der Waals surface area contributed by atoms with Crippen LogP contribution in [0.5, 0.6) is 5.75 Å². The van der Waals surface area contributed by atoms with Crippen LogP contribution in [-0.4, -0.2) is 16.8 Å². The number of rotatable bonds is 4. The molecule has 0 fully saturated rings. The first-order valence-corrected chi connectivity index (χ1v) is 5.58. The van der Waals surface area contributed by atoms with Crippen LogP contribution in [0.25, 0.3) is 0 Å². The first-order chi connectivity index (χ1) is 7.65. The highest BCUT2D eigenvalue weighted by atomic mass is 32.1. The zero-order valence-electron chi connectivity index (χ0n) is 9.09. The third-order valence-corrected chi connectivity index (χ3v) is 2.30. The highest BCUT2D eigenvalue weighted by molar-refractivity contribution is 7.80. The number of hydrogen-bond acceptors (Lipinski definition) is 2. The van der Waals surface area contributed by atoms with Crippen LogP contribution >= 0.6 is 12.2 Å². The van der Waals surface area contributed by atoms with Gasteiger partial charge in [-0.3, -0.25) is 0 Å². The number of phenolic OH excluding ortho intramolecular Hbond substituents is 1. The number of hydrogen-bond donors (Lipinski definition) is 3. The minimum Gasteiger partial charge on any atom is -0.503 e. The Bertz CT molecular complexity index is 371. The average Bonchev–Trinajstić information content (AvgIpc) is 2.25. The summed E-state index contributed by atoms with van der Waals surface area (Å²) >= 11 is 5.00. The van der Waals surface area contributed by atoms with Gasteiger partial charge in [0.05, 0.1) is 5.69 Å². The zero-order valence-corrected chi connectivity index (χ0v) is 9.90. The Morgan fingerprint density at radius 3 is 2.94 bits per heavy atom. The monoisotopic (exact) mass is 242 g/mol. The predicted octanol–water partition coefficient (Wildman–Crippen LogP) is 2.62. The maximum atomic E-state index is 13.0. The van der Waals surface area contributed by atoms with Crippen molar-refractivity contribution >= 4 is 23.0 Å². The molecule has 88 valence electrons. The van der Waals surface area contributed by atoms with Gasteiger partial charge in [0.15, 0.2) is 16.7 Å². The van der Waals surface area contributed by atoms with Gasteiger partial charge in [-0.2, -0.15) is 0 Å². The van der Waals surface area contributed by atoms with E-state index < -0.39 is 11.6 Å². The number of nitrogens with one attached hydrogen (secondary N) is 2. The van der Waals surface area contributed by atoms with Crippen LogP contribution in [0.15, 0.2) is 18.2 Å². The molecule has 0 atom stereocenters. The van der Waals surface area contributed by atoms with E-state index in [1.165, 1.54) is 12.1 Å². The van der Waals surface area contributed by atoms with Crippen LogP contribution in [0.4, 0.5) is 10.1 Å². The van der Waals surface area contributed by atoms with Crippen molar-refractivity contribution in [3.05, 3.63) is 24.0 Å². The van der Waals surface area contributed by atoms with Crippen molar-refractivity contribution in [3.63, 3.8) is 0 Å². The minimum absolute atomic E-state index is 0.272. The van der Waals surface area contributed by atoms with Crippen molar-refractivity contribution < 1.29 is 9.50 Å². The second kappa shape index (κ2) is 6.27. The topological polar surface area (TPSA) is 44.3 Å². The summed E-state index contributed by atoms with van der Waals surface area (Å²) in [5.41, 5.74) is 0.272. The molecule has 0 saturated carbocycles. The van der Waals surface area contributed by atoms with Crippen LogP contribution in [0, 0.1) is 5.82 Å². The van der Waals surface area contributed by atoms with Gasteiger partial charge in [0.1, 0.15) is 0 Å². The molecule has 3 nitrogen and oxygen atoms in total. The molecule has 0 amide bonds. The second-order valence-electron chi connectivity index (χ2n) is 3.37. The Morgan fingerprint density at radius 2 is 2.25 bits per heavy atom. The van der Waals surface area contributed by atoms with Gasteiger partial charge in [0.2, 0.25) is 0 Å². The second-order valence-corrected chi connectivity index (χ2v) is 3.78. The molecule has 0 aliphatic rings. The van der Waals surface area contributed by atoms with Crippen molar-refractivity contribution in [3.8, 4) is 5.75 Å². The van der Waals surface area contributed by atoms with E-state index in [0.29, 0.717) is 5.11 Å². The molecule has 16 heavy (non-hydrogen) atoms. The molecule has 0 unspecified atom stereocenters. The number of aromatic hydroxyl groups is 1. The van der Waals surface area contributed by atoms with Crippen molar-refractivity contribution in [2.45, 2.75) is 19.8 Å². The van der Waals surface area contributed by atoms with Crippen molar-refractivity contribution in [1.82, 2.24) is 5.32 Å². The maximum absolute atomic E-state index is 13.0. The van der Waals surface area contributed by atoms with Gasteiger partial charge in [0, 0.05) is 6.54 Å². The van der Waals surface area contributed by atoms with Crippen LogP contribution in [-0.2, 0) is 0 Å². The van der Waals surface area contributed by atoms with Gasteiger partial charge in [-0.15, -0.1) is 0 Å². The summed E-state index contributed by atoms with van der Waals surface area (Å²) in [7, 11) is 0. The number of para-hydroxylation sites is 1. The Morgan fingerprint density at radius 1 is 1.50 bits per heavy atom. The molecule has 0 saturated heterocycles. The molecule has 3 N–H and O–H groups in total. The average molecular weight is 242 g/mol. The summed E-state index contributed by atoms with van der Waals surface area (Å²) in [5, 5.41) is 15.5. The SMILES string of the molecule is CCCCNC(=S)Nc1cccc(F)c1O. The van der Waals surface area contributed by atoms with Gasteiger partial charge in [-0.05, 0) is 30.8 Å². The first kappa shape index (κ1) is 12.7. The third kappa shape index (κ3) is 3.66. The minimum atomic E-state index is -0.665. The van der Waals surface area contributed by atoms with E-state index in [9.17, 15) is 9.50 Å². The Hall–Kier alpha value is -1.36. The molecule has 0 spiro atoms. The molecular weight excluding hydrogens is 227 g/mol. The highest BCUT2D eigenvalue weighted by Gasteiger charge is 2.06. The number of anilines is 1. The quantitative estimate of drug-likeness (QED) is 0.431. The number of phenols is 1. The van der Waals surface area contributed by atoms with Crippen LogP contribution in [0.3, 0.4) is 0 Å². The van der Waals surface area contributed by atoms with E-state index in [1.54, 1.807) is 6.07 Å². The van der Waals surface area contributed by atoms with Crippen LogP contribution in [0.2, 0.25) is 0 Å². The molecule has 1 aromatic rings. The Kier molecular flexibility index (Phi) is 4.98. The molecule has 0 aliphatic carbocycles. The number of unbranched alkanes of at least 4 members (excludes halogenated alkanes) is 1. The predicted molar refractivity (Wildman–Crippen MR) is 67.2 cm³/mol. The standard InChI is InChI=1S/C11H15FN2OS/c1-2-3-7-13-11(16)14-9-6-4-5-8(12)10(9)15/h4-6,15H,2-3,7H2,1H3,(H2,13,14,16). The molecule has 0 aromatic heterocycles. The van der Waals surface area contributed by atoms with E-state index >= 15 is 0 Å². The van der Waals surface area contributed by atoms with Crippen molar-refractivity contribution in [1.29, 1.82) is 0 Å². The molecule has 0 heterocycles. The number of benzene rings is 1. The normalized spacial score (nSPS) is 9.88. The fraction of sp³-hybridized carbons (Fsp3) is 0.364. The van der Waals surface area contributed by atoms with Crippen molar-refractivity contribution in [2.24, 2.45) is 0 Å². The summed E-state index contributed by atoms with van der Waals surface area (Å²) in [6, 6.07) is 4.26. The van der Waals surface area contributed by atoms with Crippen LogP contribution in [0.1, 0.15) is 19.8 Å². The van der Waals surface area contributed by atoms with E-state index in [4.69, 9.17) is 12.2 Å². The molecule has 0 radical (unpaired) electrons. The summed E-state index contributed by atoms with van der Waals surface area (Å²) in [4.78, 5) is 0. The smallest absolute Gasteiger partial charge is 0.175 e. The van der Waals surface area contributed by atoms with E-state index in [2.05, 4.69) is 17.6 Å². The van der Waals surface area contributed by atoms with Gasteiger partial charge in [-0.1, -0.05) is 19.4 Å². The molecular formula is C11H15FN2OS. The fourth-order valence-corrected chi connectivity index (χ4v) is 1.37. The Balaban J connectivity index is 2.53. The van der Waals surface area contributed by atoms with E-state index in [0.717, 1.165) is 19.4 Å². The van der Waals surface area contributed by atoms with Gasteiger partial charge in [0.25, 0.3) is 0 Å². The van der Waals surface area contributed by atoms with Gasteiger partial charge < -0.3 is 15.7 Å². The Labute approximate surface area is 99.7 Å². The summed E-state index contributed by atoms with van der Waals surface area (Å²) in [6.07, 6.45) is 2.08. The lowest BCUT2D eigenvalue weighted by Crippen LogP contribution is -2.29. The van der Waals surface area contributed by atoms with Gasteiger partial charge >= 0.3 is 0 Å². The molecule has 0 aliphatic heterocycles. The van der Waals surface area contributed by atoms with Gasteiger partial charge in [-0.25, -0.2) is 4.39 Å². The highest BCUT2D eigenvalue weighted by Crippen LogP contribution is 2.25. The lowest BCUT2D eigenvalue weighted by atomic mass is 10.3. The zero-order chi connectivity index (χ0) is 12.0. The first-order valence-electron chi connectivity index (χ1n) is 5.17.